The van der Waals surface area contributed by atoms with E-state index in [2.05, 4.69) is 10.3 Å². The molecule has 0 atom stereocenters. The van der Waals surface area contributed by atoms with Crippen LogP contribution in [0.25, 0.3) is 28.5 Å². The van der Waals surface area contributed by atoms with Crippen LogP contribution in [0.1, 0.15) is 27.6 Å². The minimum Gasteiger partial charge on any atom is -0.493 e. The van der Waals surface area contributed by atoms with Crippen molar-refractivity contribution in [1.82, 2.24) is 10.3 Å². The Morgan fingerprint density at radius 3 is 2.61 bits per heavy atom. The number of benzene rings is 2. The van der Waals surface area contributed by atoms with Crippen molar-refractivity contribution < 1.29 is 28.0 Å². The van der Waals surface area contributed by atoms with Gasteiger partial charge >= 0.3 is 0 Å². The molecule has 8 nitrogen and oxygen atoms in total. The maximum absolute atomic E-state index is 13.2. The molecule has 0 unspecified atom stereocenters. The van der Waals surface area contributed by atoms with Crippen molar-refractivity contribution in [3.8, 4) is 17.2 Å². The van der Waals surface area contributed by atoms with Crippen LogP contribution in [0.15, 0.2) is 62.3 Å². The Kier molecular flexibility index (Phi) is 5.10. The van der Waals surface area contributed by atoms with Gasteiger partial charge in [0.25, 0.3) is 11.1 Å². The van der Waals surface area contributed by atoms with Crippen LogP contribution in [-0.2, 0) is 4.79 Å². The zero-order valence-corrected chi connectivity index (χ0v) is 18.3. The van der Waals surface area contributed by atoms with Gasteiger partial charge in [0.15, 0.2) is 22.8 Å². The number of carbonyl (C=O) groups is 3. The number of nitrogens with one attached hydrogen (secondary N) is 1. The number of aryl methyl sites for hydroxylation is 1. The first-order chi connectivity index (χ1) is 15.9. The molecule has 1 saturated heterocycles. The van der Waals surface area contributed by atoms with E-state index in [9.17, 15) is 14.4 Å². The first-order valence-electron chi connectivity index (χ1n) is 9.87. The first kappa shape index (κ1) is 20.8. The van der Waals surface area contributed by atoms with Crippen molar-refractivity contribution in [1.29, 1.82) is 0 Å². The number of amides is 2. The molecular formula is C24H16N2O6S. The number of hydrogen-bond acceptors (Lipinski definition) is 8. The number of ketones is 1. The quantitative estimate of drug-likeness (QED) is 0.329. The topological polar surface area (TPSA) is 112 Å². The van der Waals surface area contributed by atoms with Crippen molar-refractivity contribution in [2.24, 2.45) is 0 Å². The number of oxazole rings is 1. The summed E-state index contributed by atoms with van der Waals surface area (Å²) in [5.41, 5.74) is 1.92. The molecule has 2 amide bonds. The minimum atomic E-state index is -0.456. The smallest absolute Gasteiger partial charge is 0.290 e. The van der Waals surface area contributed by atoms with Gasteiger partial charge < -0.3 is 13.6 Å². The lowest BCUT2D eigenvalue weighted by atomic mass is 10.1. The second-order valence-electron chi connectivity index (χ2n) is 7.22. The van der Waals surface area contributed by atoms with Crippen LogP contribution < -0.4 is 10.1 Å². The molecule has 1 aliphatic rings. The average molecular weight is 460 g/mol. The van der Waals surface area contributed by atoms with Gasteiger partial charge in [0.2, 0.25) is 11.7 Å². The standard InChI is InChI=1S/C24H16N2O6S/c1-12-19(25-23(31-12)14-6-4-3-5-7-14)20(27)16-11-15-8-13(9-17(30-2)21(15)32-16)10-18-22(28)26-24(29)33-18/h3-11H,1-2H3,(H,26,28,29)/b18-10-. The number of furan rings is 1. The maximum atomic E-state index is 13.2. The number of hydrogen-bond donors (Lipinski definition) is 1. The molecule has 0 saturated carbocycles. The molecule has 2 aromatic heterocycles. The normalized spacial score (nSPS) is 14.8. The van der Waals surface area contributed by atoms with Crippen molar-refractivity contribution in [3.63, 3.8) is 0 Å². The summed E-state index contributed by atoms with van der Waals surface area (Å²) in [4.78, 5) is 41.1. The summed E-state index contributed by atoms with van der Waals surface area (Å²) in [6.07, 6.45) is 1.58. The van der Waals surface area contributed by atoms with Gasteiger partial charge in [0, 0.05) is 10.9 Å². The number of nitrogens with zero attached hydrogens (tertiary/aromatic N) is 1. The van der Waals surface area contributed by atoms with Crippen LogP contribution in [0.2, 0.25) is 0 Å². The Labute approximate surface area is 191 Å². The summed E-state index contributed by atoms with van der Waals surface area (Å²) < 4.78 is 16.9. The number of ether oxygens (including phenoxy) is 1. The van der Waals surface area contributed by atoms with E-state index in [1.807, 2.05) is 30.3 Å². The van der Waals surface area contributed by atoms with Crippen LogP contribution in [0.3, 0.4) is 0 Å². The molecule has 164 valence electrons. The highest BCUT2D eigenvalue weighted by Gasteiger charge is 2.26. The Balaban J connectivity index is 1.53. The van der Waals surface area contributed by atoms with Crippen LogP contribution in [-0.4, -0.2) is 29.0 Å². The highest BCUT2D eigenvalue weighted by Crippen LogP contribution is 2.34. The SMILES string of the molecule is COc1cc(/C=C2\SC(=O)NC2=O)cc2cc(C(=O)c3nc(-c4ccccc4)oc3C)oc12. The molecule has 33 heavy (non-hydrogen) atoms. The van der Waals surface area contributed by atoms with E-state index in [0.717, 1.165) is 17.3 Å². The van der Waals surface area contributed by atoms with Crippen LogP contribution in [0.4, 0.5) is 4.79 Å². The number of methoxy groups -OCH3 is 1. The summed E-state index contributed by atoms with van der Waals surface area (Å²) in [6.45, 7) is 1.67. The van der Waals surface area contributed by atoms with Crippen LogP contribution >= 0.6 is 11.8 Å². The molecule has 2 aromatic carbocycles. The first-order valence-corrected chi connectivity index (χ1v) is 10.7. The van der Waals surface area contributed by atoms with Gasteiger partial charge in [-0.15, -0.1) is 0 Å². The summed E-state index contributed by atoms with van der Waals surface area (Å²) >= 11 is 0.821. The Morgan fingerprint density at radius 1 is 1.12 bits per heavy atom. The zero-order chi connectivity index (χ0) is 23.1. The second-order valence-corrected chi connectivity index (χ2v) is 8.24. The molecular weight excluding hydrogens is 444 g/mol. The third-order valence-corrected chi connectivity index (χ3v) is 5.83. The van der Waals surface area contributed by atoms with Gasteiger partial charge in [-0.25, -0.2) is 4.98 Å². The van der Waals surface area contributed by atoms with E-state index in [1.165, 1.54) is 7.11 Å². The molecule has 9 heteroatoms. The van der Waals surface area contributed by atoms with Crippen LogP contribution in [0, 0.1) is 6.92 Å². The monoisotopic (exact) mass is 460 g/mol. The van der Waals surface area contributed by atoms with Crippen LogP contribution in [0.5, 0.6) is 5.75 Å². The van der Waals surface area contributed by atoms with Crippen molar-refractivity contribution in [2.45, 2.75) is 6.92 Å². The predicted octanol–water partition coefficient (Wildman–Crippen LogP) is 4.96. The van der Waals surface area contributed by atoms with Gasteiger partial charge in [0.1, 0.15) is 5.76 Å². The number of imide groups is 1. The van der Waals surface area contributed by atoms with Gasteiger partial charge in [-0.3, -0.25) is 19.7 Å². The highest BCUT2D eigenvalue weighted by atomic mass is 32.2. The number of aromatic nitrogens is 1. The number of carbonyl (C=O) groups excluding carboxylic acids is 3. The van der Waals surface area contributed by atoms with E-state index in [4.69, 9.17) is 13.6 Å². The Hall–Kier alpha value is -4.11. The number of rotatable bonds is 5. The average Bonchev–Trinajstić information content (AvgIpc) is 3.50. The third kappa shape index (κ3) is 3.83. The molecule has 0 aliphatic carbocycles. The highest BCUT2D eigenvalue weighted by molar-refractivity contribution is 8.18. The van der Waals surface area contributed by atoms with Gasteiger partial charge in [0.05, 0.1) is 12.0 Å². The van der Waals surface area contributed by atoms with Gasteiger partial charge in [-0.05, 0) is 60.7 Å². The number of thioether (sulfide) groups is 1. The lowest BCUT2D eigenvalue weighted by Gasteiger charge is -2.03. The fraction of sp³-hybridized carbons (Fsp3) is 0.0833. The van der Waals surface area contributed by atoms with E-state index in [1.54, 1.807) is 31.2 Å². The van der Waals surface area contributed by atoms with E-state index < -0.39 is 16.9 Å². The Bertz CT molecular complexity index is 1470. The largest absolute Gasteiger partial charge is 0.493 e. The lowest BCUT2D eigenvalue weighted by molar-refractivity contribution is -0.115. The van der Waals surface area contributed by atoms with E-state index in [0.29, 0.717) is 33.9 Å². The van der Waals surface area contributed by atoms with E-state index >= 15 is 0 Å². The molecule has 1 N–H and O–H groups in total. The fourth-order valence-corrected chi connectivity index (χ4v) is 4.17. The second kappa shape index (κ2) is 8.10. The molecule has 5 rings (SSSR count). The van der Waals surface area contributed by atoms with Crippen molar-refractivity contribution >= 4 is 45.7 Å². The molecule has 0 radical (unpaired) electrons. The molecule has 1 aliphatic heterocycles. The zero-order valence-electron chi connectivity index (χ0n) is 17.5. The van der Waals surface area contributed by atoms with Gasteiger partial charge in [-0.2, -0.15) is 0 Å². The summed E-state index contributed by atoms with van der Waals surface area (Å²) in [6, 6.07) is 14.3. The van der Waals surface area contributed by atoms with Crippen molar-refractivity contribution in [3.05, 3.63) is 76.2 Å². The Morgan fingerprint density at radius 2 is 1.91 bits per heavy atom. The minimum absolute atomic E-state index is 0.0762. The maximum Gasteiger partial charge on any atom is 0.290 e. The molecule has 4 aromatic rings. The third-order valence-electron chi connectivity index (χ3n) is 5.02. The summed E-state index contributed by atoms with van der Waals surface area (Å²) in [5.74, 6) is 0.310. The van der Waals surface area contributed by atoms with Crippen molar-refractivity contribution in [2.75, 3.05) is 7.11 Å². The van der Waals surface area contributed by atoms with E-state index in [-0.39, 0.29) is 16.4 Å². The summed E-state index contributed by atoms with van der Waals surface area (Å²) in [5, 5.41) is 2.39. The number of fused-ring (bicyclic) bond motifs is 1. The summed E-state index contributed by atoms with van der Waals surface area (Å²) in [7, 11) is 1.48. The molecule has 0 bridgehead atoms. The fourth-order valence-electron chi connectivity index (χ4n) is 3.49. The molecule has 3 heterocycles. The van der Waals surface area contributed by atoms with Gasteiger partial charge in [-0.1, -0.05) is 18.2 Å². The molecule has 0 spiro atoms. The molecule has 1 fully saturated rings. The predicted molar refractivity (Wildman–Crippen MR) is 122 cm³/mol. The lowest BCUT2D eigenvalue weighted by Crippen LogP contribution is -2.17.